The van der Waals surface area contributed by atoms with Crippen LogP contribution in [0.5, 0.6) is 0 Å². The van der Waals surface area contributed by atoms with Gasteiger partial charge in [0.05, 0.1) is 3.79 Å². The van der Waals surface area contributed by atoms with Crippen LogP contribution in [0.3, 0.4) is 0 Å². The Morgan fingerprint density at radius 1 is 1.29 bits per heavy atom. The molecule has 2 atom stereocenters. The smallest absolute Gasteiger partial charge is 0.206 e. The summed E-state index contributed by atoms with van der Waals surface area (Å²) < 4.78 is 28.2. The van der Waals surface area contributed by atoms with Gasteiger partial charge >= 0.3 is 0 Å². The zero-order valence-electron chi connectivity index (χ0n) is 9.03. The molecule has 2 unspecified atom stereocenters. The Morgan fingerprint density at radius 3 is 2.59 bits per heavy atom. The number of thiophene rings is 1. The minimum Gasteiger partial charge on any atom is -0.206 e. The first kappa shape index (κ1) is 14.0. The molecule has 1 aromatic heterocycles. The molecule has 1 fully saturated rings. The van der Waals surface area contributed by atoms with Crippen molar-refractivity contribution in [2.24, 2.45) is 0 Å². The number of halogens is 2. The van der Waals surface area contributed by atoms with E-state index >= 15 is 0 Å². The monoisotopic (exact) mass is 401 g/mol. The summed E-state index contributed by atoms with van der Waals surface area (Å²) in [6.07, 6.45) is 4.19. The Morgan fingerprint density at radius 2 is 2.00 bits per heavy atom. The molecule has 3 nitrogen and oxygen atoms in total. The largest absolute Gasteiger partial charge is 0.250 e. The molecule has 96 valence electrons. The second kappa shape index (κ2) is 5.69. The standard InChI is InChI=1S/C10H13Br2NO2S2/c11-7-3-1-2-4-8(7)13-17(14,15)10-6-5-9(12)16-10/h5-8,13H,1-4H2. The van der Waals surface area contributed by atoms with Crippen molar-refractivity contribution in [1.82, 2.24) is 4.72 Å². The average molecular weight is 403 g/mol. The van der Waals surface area contributed by atoms with Gasteiger partial charge in [0.1, 0.15) is 4.21 Å². The molecule has 1 heterocycles. The molecule has 1 aliphatic rings. The molecule has 7 heteroatoms. The van der Waals surface area contributed by atoms with Crippen LogP contribution in [0, 0.1) is 0 Å². The predicted molar refractivity (Wildman–Crippen MR) is 77.3 cm³/mol. The molecule has 1 saturated carbocycles. The summed E-state index contributed by atoms with van der Waals surface area (Å²) in [6.45, 7) is 0. The summed E-state index contributed by atoms with van der Waals surface area (Å²) in [4.78, 5) is 0.245. The van der Waals surface area contributed by atoms with Crippen molar-refractivity contribution in [2.45, 2.75) is 40.8 Å². The molecule has 0 amide bonds. The number of alkyl halides is 1. The maximum absolute atomic E-state index is 12.1. The lowest BCUT2D eigenvalue weighted by Crippen LogP contribution is -2.42. The number of hydrogen-bond acceptors (Lipinski definition) is 3. The summed E-state index contributed by atoms with van der Waals surface area (Å²) >= 11 is 8.07. The van der Waals surface area contributed by atoms with Crippen LogP contribution in [0.4, 0.5) is 0 Å². The van der Waals surface area contributed by atoms with E-state index in [-0.39, 0.29) is 10.9 Å². The van der Waals surface area contributed by atoms with Gasteiger partial charge in [-0.15, -0.1) is 11.3 Å². The molecule has 0 aliphatic heterocycles. The highest BCUT2D eigenvalue weighted by Gasteiger charge is 2.28. The Kier molecular flexibility index (Phi) is 4.68. The topological polar surface area (TPSA) is 46.2 Å². The molecule has 0 spiro atoms. The third kappa shape index (κ3) is 3.53. The van der Waals surface area contributed by atoms with Crippen molar-refractivity contribution in [1.29, 1.82) is 0 Å². The second-order valence-electron chi connectivity index (χ2n) is 4.09. The molecule has 1 N–H and O–H groups in total. The van der Waals surface area contributed by atoms with E-state index in [2.05, 4.69) is 36.6 Å². The molecular formula is C10H13Br2NO2S2. The van der Waals surface area contributed by atoms with Gasteiger partial charge in [-0.05, 0) is 40.9 Å². The first-order valence-corrected chi connectivity index (χ1v) is 9.41. The molecule has 0 aromatic carbocycles. The average Bonchev–Trinajstić information content (AvgIpc) is 2.69. The number of rotatable bonds is 3. The van der Waals surface area contributed by atoms with Gasteiger partial charge in [0.2, 0.25) is 10.0 Å². The fourth-order valence-corrected chi connectivity index (χ4v) is 6.15. The lowest BCUT2D eigenvalue weighted by Gasteiger charge is -2.27. The van der Waals surface area contributed by atoms with Crippen molar-refractivity contribution in [2.75, 3.05) is 0 Å². The van der Waals surface area contributed by atoms with E-state index in [0.717, 1.165) is 23.0 Å². The zero-order valence-corrected chi connectivity index (χ0v) is 13.8. The fourth-order valence-electron chi connectivity index (χ4n) is 1.92. The van der Waals surface area contributed by atoms with Crippen LogP contribution in [-0.4, -0.2) is 19.3 Å². The highest BCUT2D eigenvalue weighted by molar-refractivity contribution is 9.11. The van der Waals surface area contributed by atoms with E-state index in [1.807, 2.05) is 0 Å². The Labute approximate surface area is 122 Å². The third-order valence-electron chi connectivity index (χ3n) is 2.80. The van der Waals surface area contributed by atoms with E-state index in [9.17, 15) is 8.42 Å². The summed E-state index contributed by atoms with van der Waals surface area (Å²) in [5, 5.41) is 0. The lowest BCUT2D eigenvalue weighted by atomic mass is 9.96. The zero-order chi connectivity index (χ0) is 12.5. The minimum atomic E-state index is -3.36. The van der Waals surface area contributed by atoms with Crippen LogP contribution in [0.15, 0.2) is 20.1 Å². The Balaban J connectivity index is 2.11. The van der Waals surface area contributed by atoms with E-state index in [1.54, 1.807) is 12.1 Å². The summed E-state index contributed by atoms with van der Waals surface area (Å²) in [5.41, 5.74) is 0. The molecule has 17 heavy (non-hydrogen) atoms. The van der Waals surface area contributed by atoms with E-state index < -0.39 is 10.0 Å². The third-order valence-corrected chi connectivity index (χ3v) is 7.50. The van der Waals surface area contributed by atoms with Crippen LogP contribution in [0.1, 0.15) is 25.7 Å². The van der Waals surface area contributed by atoms with E-state index in [1.165, 1.54) is 17.8 Å². The summed E-state index contributed by atoms with van der Waals surface area (Å²) in [6, 6.07) is 3.39. The van der Waals surface area contributed by atoms with Gasteiger partial charge in [-0.1, -0.05) is 28.8 Å². The van der Waals surface area contributed by atoms with Crippen LogP contribution < -0.4 is 4.72 Å². The normalized spacial score (nSPS) is 26.0. The quantitative estimate of drug-likeness (QED) is 0.786. The Hall–Kier alpha value is 0.570. The van der Waals surface area contributed by atoms with Gasteiger partial charge < -0.3 is 0 Å². The molecule has 0 bridgehead atoms. The van der Waals surface area contributed by atoms with Crippen LogP contribution in [0.2, 0.25) is 0 Å². The van der Waals surface area contributed by atoms with Crippen molar-refractivity contribution in [3.63, 3.8) is 0 Å². The van der Waals surface area contributed by atoms with Crippen LogP contribution >= 0.6 is 43.2 Å². The molecular weight excluding hydrogens is 390 g/mol. The maximum atomic E-state index is 12.1. The maximum Gasteiger partial charge on any atom is 0.250 e. The van der Waals surface area contributed by atoms with Crippen molar-refractivity contribution >= 4 is 53.2 Å². The SMILES string of the molecule is O=S(=O)(NC1CCCCC1Br)c1ccc(Br)s1. The van der Waals surface area contributed by atoms with Gasteiger partial charge in [-0.3, -0.25) is 0 Å². The van der Waals surface area contributed by atoms with Gasteiger partial charge in [-0.2, -0.15) is 0 Å². The van der Waals surface area contributed by atoms with Gasteiger partial charge in [0.15, 0.2) is 0 Å². The fraction of sp³-hybridized carbons (Fsp3) is 0.600. The van der Waals surface area contributed by atoms with E-state index in [0.29, 0.717) is 4.21 Å². The number of hydrogen-bond donors (Lipinski definition) is 1. The molecule has 1 aromatic rings. The molecule has 0 radical (unpaired) electrons. The molecule has 0 saturated heterocycles. The second-order valence-corrected chi connectivity index (χ2v) is 9.67. The van der Waals surface area contributed by atoms with Gasteiger partial charge in [-0.25, -0.2) is 13.1 Å². The molecule has 2 rings (SSSR count). The first-order chi connectivity index (χ1) is 7.99. The first-order valence-electron chi connectivity index (χ1n) is 5.41. The number of nitrogens with one attached hydrogen (secondary N) is 1. The minimum absolute atomic E-state index is 0.00891. The predicted octanol–water partition coefficient (Wildman–Crippen LogP) is 3.50. The summed E-state index contributed by atoms with van der Waals surface area (Å²) in [7, 11) is -3.36. The lowest BCUT2D eigenvalue weighted by molar-refractivity contribution is 0.427. The summed E-state index contributed by atoms with van der Waals surface area (Å²) in [5.74, 6) is 0. The highest BCUT2D eigenvalue weighted by atomic mass is 79.9. The van der Waals surface area contributed by atoms with Crippen molar-refractivity contribution in [3.05, 3.63) is 15.9 Å². The van der Waals surface area contributed by atoms with Gasteiger partial charge in [0.25, 0.3) is 0 Å². The highest BCUT2D eigenvalue weighted by Crippen LogP contribution is 2.29. The van der Waals surface area contributed by atoms with Crippen LogP contribution in [0.25, 0.3) is 0 Å². The van der Waals surface area contributed by atoms with Crippen LogP contribution in [-0.2, 0) is 10.0 Å². The molecule has 1 aliphatic carbocycles. The van der Waals surface area contributed by atoms with Gasteiger partial charge in [0, 0.05) is 10.9 Å². The van der Waals surface area contributed by atoms with Crippen molar-refractivity contribution < 1.29 is 8.42 Å². The Bertz CT molecular complexity index is 486. The van der Waals surface area contributed by atoms with E-state index in [4.69, 9.17) is 0 Å². The number of sulfonamides is 1. The van der Waals surface area contributed by atoms with Crippen molar-refractivity contribution in [3.8, 4) is 0 Å².